The van der Waals surface area contributed by atoms with Gasteiger partial charge in [0, 0.05) is 58.7 Å². The van der Waals surface area contributed by atoms with Crippen molar-refractivity contribution in [2.75, 3.05) is 40.5 Å². The van der Waals surface area contributed by atoms with Gasteiger partial charge in [0.05, 0.1) is 12.1 Å². The van der Waals surface area contributed by atoms with Crippen molar-refractivity contribution in [1.29, 1.82) is 0 Å². The third-order valence-corrected chi connectivity index (χ3v) is 4.99. The van der Waals surface area contributed by atoms with E-state index in [4.69, 9.17) is 9.47 Å². The molecular formula is C17H25N3O3. The number of piperidine rings is 1. The molecule has 2 aliphatic heterocycles. The van der Waals surface area contributed by atoms with E-state index < -0.39 is 0 Å². The SMILES string of the molecule is COCC(=O)N1CC[C@@H](OC)[C@@H]2CN(Cc3ccncc3)C[C@@H]21. The van der Waals surface area contributed by atoms with Crippen molar-refractivity contribution in [1.82, 2.24) is 14.8 Å². The number of hydrogen-bond acceptors (Lipinski definition) is 5. The first-order valence-electron chi connectivity index (χ1n) is 8.15. The topological polar surface area (TPSA) is 54.9 Å². The van der Waals surface area contributed by atoms with E-state index in [1.54, 1.807) is 14.2 Å². The molecule has 1 aromatic rings. The summed E-state index contributed by atoms with van der Waals surface area (Å²) in [6.07, 6.45) is 4.78. The van der Waals surface area contributed by atoms with Crippen LogP contribution in [0, 0.1) is 5.92 Å². The minimum Gasteiger partial charge on any atom is -0.381 e. The van der Waals surface area contributed by atoms with Crippen LogP contribution in [0.25, 0.3) is 0 Å². The van der Waals surface area contributed by atoms with Gasteiger partial charge in [-0.3, -0.25) is 14.7 Å². The number of pyridine rings is 1. The zero-order chi connectivity index (χ0) is 16.2. The number of methoxy groups -OCH3 is 2. The average Bonchev–Trinajstić information content (AvgIpc) is 2.98. The van der Waals surface area contributed by atoms with Crippen LogP contribution < -0.4 is 0 Å². The minimum atomic E-state index is 0.0859. The van der Waals surface area contributed by atoms with E-state index in [1.807, 2.05) is 29.4 Å². The summed E-state index contributed by atoms with van der Waals surface area (Å²) in [6.45, 7) is 3.65. The molecule has 2 fully saturated rings. The van der Waals surface area contributed by atoms with Crippen molar-refractivity contribution in [3.8, 4) is 0 Å². The van der Waals surface area contributed by atoms with Crippen LogP contribution in [-0.4, -0.2) is 73.3 Å². The van der Waals surface area contributed by atoms with Crippen LogP contribution in [0.4, 0.5) is 0 Å². The maximum absolute atomic E-state index is 12.3. The minimum absolute atomic E-state index is 0.0859. The van der Waals surface area contributed by atoms with Gasteiger partial charge in [-0.05, 0) is 24.1 Å². The molecular weight excluding hydrogens is 294 g/mol. The fraction of sp³-hybridized carbons (Fsp3) is 0.647. The smallest absolute Gasteiger partial charge is 0.248 e. The molecule has 6 nitrogen and oxygen atoms in total. The molecule has 0 bridgehead atoms. The largest absolute Gasteiger partial charge is 0.381 e. The van der Waals surface area contributed by atoms with E-state index in [2.05, 4.69) is 9.88 Å². The maximum Gasteiger partial charge on any atom is 0.248 e. The van der Waals surface area contributed by atoms with Crippen LogP contribution >= 0.6 is 0 Å². The Hall–Kier alpha value is -1.50. The Morgan fingerprint density at radius 2 is 2.09 bits per heavy atom. The van der Waals surface area contributed by atoms with Crippen LogP contribution in [0.5, 0.6) is 0 Å². The Morgan fingerprint density at radius 1 is 1.30 bits per heavy atom. The number of hydrogen-bond donors (Lipinski definition) is 0. The van der Waals surface area contributed by atoms with E-state index >= 15 is 0 Å². The van der Waals surface area contributed by atoms with Crippen molar-refractivity contribution in [2.24, 2.45) is 5.92 Å². The standard InChI is InChI=1S/C17H25N3O3/c1-22-12-17(21)20-8-5-16(23-2)14-10-19(11-15(14)20)9-13-3-6-18-7-4-13/h3-4,6-7,14-16H,5,8-12H2,1-2H3/t14-,15+,16-/m1/s1. The van der Waals surface area contributed by atoms with E-state index in [-0.39, 0.29) is 24.7 Å². The lowest BCUT2D eigenvalue weighted by molar-refractivity contribution is -0.142. The average molecular weight is 319 g/mol. The summed E-state index contributed by atoms with van der Waals surface area (Å²) in [5.74, 6) is 0.458. The molecule has 0 N–H and O–H groups in total. The van der Waals surface area contributed by atoms with Gasteiger partial charge in [-0.1, -0.05) is 0 Å². The summed E-state index contributed by atoms with van der Waals surface area (Å²) >= 11 is 0. The molecule has 3 atom stereocenters. The van der Waals surface area contributed by atoms with E-state index in [1.165, 1.54) is 5.56 Å². The van der Waals surface area contributed by atoms with Gasteiger partial charge in [0.1, 0.15) is 6.61 Å². The monoisotopic (exact) mass is 319 g/mol. The second-order valence-electron chi connectivity index (χ2n) is 6.36. The van der Waals surface area contributed by atoms with Gasteiger partial charge in [-0.15, -0.1) is 0 Å². The van der Waals surface area contributed by atoms with Crippen LogP contribution in [0.2, 0.25) is 0 Å². The molecule has 3 heterocycles. The normalized spacial score (nSPS) is 27.9. The molecule has 2 aliphatic rings. The Kier molecular flexibility index (Phi) is 5.25. The van der Waals surface area contributed by atoms with Gasteiger partial charge in [-0.25, -0.2) is 0 Å². The number of nitrogens with zero attached hydrogens (tertiary/aromatic N) is 3. The Morgan fingerprint density at radius 3 is 2.78 bits per heavy atom. The number of carbonyl (C=O) groups excluding carboxylic acids is 1. The zero-order valence-corrected chi connectivity index (χ0v) is 13.9. The maximum atomic E-state index is 12.3. The Bertz CT molecular complexity index is 525. The second kappa shape index (κ2) is 7.38. The van der Waals surface area contributed by atoms with Crippen LogP contribution in [0.3, 0.4) is 0 Å². The van der Waals surface area contributed by atoms with Gasteiger partial charge in [0.25, 0.3) is 0 Å². The van der Waals surface area contributed by atoms with Crippen molar-refractivity contribution in [2.45, 2.75) is 25.1 Å². The Labute approximate surface area is 137 Å². The molecule has 0 unspecified atom stereocenters. The fourth-order valence-corrected chi connectivity index (χ4v) is 3.92. The van der Waals surface area contributed by atoms with Gasteiger partial charge < -0.3 is 14.4 Å². The highest BCUT2D eigenvalue weighted by atomic mass is 16.5. The molecule has 3 rings (SSSR count). The zero-order valence-electron chi connectivity index (χ0n) is 13.9. The summed E-state index contributed by atoms with van der Waals surface area (Å²) in [5, 5.41) is 0. The summed E-state index contributed by atoms with van der Waals surface area (Å²) in [4.78, 5) is 20.8. The van der Waals surface area contributed by atoms with Crippen LogP contribution in [-0.2, 0) is 20.8 Å². The van der Waals surface area contributed by atoms with Gasteiger partial charge in [0.2, 0.25) is 5.91 Å². The number of ether oxygens (including phenoxy) is 2. The molecule has 23 heavy (non-hydrogen) atoms. The molecule has 1 aromatic heterocycles. The molecule has 0 aliphatic carbocycles. The number of fused-ring (bicyclic) bond motifs is 1. The third-order valence-electron chi connectivity index (χ3n) is 4.99. The molecule has 1 amide bonds. The number of likely N-dealkylation sites (tertiary alicyclic amines) is 2. The van der Waals surface area contributed by atoms with Crippen molar-refractivity contribution < 1.29 is 14.3 Å². The van der Waals surface area contributed by atoms with E-state index in [0.717, 1.165) is 32.6 Å². The van der Waals surface area contributed by atoms with Gasteiger partial charge in [-0.2, -0.15) is 0 Å². The first kappa shape index (κ1) is 16.4. The molecule has 0 radical (unpaired) electrons. The lowest BCUT2D eigenvalue weighted by Gasteiger charge is -2.41. The predicted molar refractivity (Wildman–Crippen MR) is 85.8 cm³/mol. The molecule has 0 spiro atoms. The lowest BCUT2D eigenvalue weighted by atomic mass is 9.89. The molecule has 126 valence electrons. The van der Waals surface area contributed by atoms with E-state index in [0.29, 0.717) is 5.92 Å². The first-order valence-corrected chi connectivity index (χ1v) is 8.15. The summed E-state index contributed by atoms with van der Waals surface area (Å²) in [7, 11) is 3.35. The van der Waals surface area contributed by atoms with Gasteiger partial charge in [0.15, 0.2) is 0 Å². The number of aromatic nitrogens is 1. The summed E-state index contributed by atoms with van der Waals surface area (Å²) < 4.78 is 10.7. The number of rotatable bonds is 5. The van der Waals surface area contributed by atoms with Crippen molar-refractivity contribution >= 4 is 5.91 Å². The lowest BCUT2D eigenvalue weighted by Crippen LogP contribution is -2.54. The Balaban J connectivity index is 1.71. The first-order chi connectivity index (χ1) is 11.2. The predicted octanol–water partition coefficient (Wildman–Crippen LogP) is 0.776. The fourth-order valence-electron chi connectivity index (χ4n) is 3.92. The third kappa shape index (κ3) is 3.54. The number of amides is 1. The van der Waals surface area contributed by atoms with Crippen LogP contribution in [0.15, 0.2) is 24.5 Å². The highest BCUT2D eigenvalue weighted by Crippen LogP contribution is 2.33. The summed E-state index contributed by atoms with van der Waals surface area (Å²) in [6, 6.07) is 4.31. The highest BCUT2D eigenvalue weighted by Gasteiger charge is 2.45. The highest BCUT2D eigenvalue weighted by molar-refractivity contribution is 5.78. The molecule has 0 aromatic carbocycles. The van der Waals surface area contributed by atoms with Crippen molar-refractivity contribution in [3.05, 3.63) is 30.1 Å². The quantitative estimate of drug-likeness (QED) is 0.803. The van der Waals surface area contributed by atoms with Gasteiger partial charge >= 0.3 is 0 Å². The molecule has 6 heteroatoms. The summed E-state index contributed by atoms with van der Waals surface area (Å²) in [5.41, 5.74) is 1.25. The molecule has 0 saturated carbocycles. The molecule has 2 saturated heterocycles. The van der Waals surface area contributed by atoms with Crippen LogP contribution in [0.1, 0.15) is 12.0 Å². The number of carbonyl (C=O) groups is 1. The van der Waals surface area contributed by atoms with Crippen molar-refractivity contribution in [3.63, 3.8) is 0 Å². The second-order valence-corrected chi connectivity index (χ2v) is 6.36. The van der Waals surface area contributed by atoms with E-state index in [9.17, 15) is 4.79 Å².